The van der Waals surface area contributed by atoms with E-state index in [-0.39, 0.29) is 12.5 Å². The van der Waals surface area contributed by atoms with Crippen LogP contribution in [0.2, 0.25) is 0 Å². The summed E-state index contributed by atoms with van der Waals surface area (Å²) in [6.07, 6.45) is 2.68. The van der Waals surface area contributed by atoms with Crippen LogP contribution >= 0.6 is 0 Å². The van der Waals surface area contributed by atoms with Crippen molar-refractivity contribution in [3.05, 3.63) is 35.4 Å². The summed E-state index contributed by atoms with van der Waals surface area (Å²) in [5, 5.41) is 28.0. The van der Waals surface area contributed by atoms with Crippen molar-refractivity contribution in [1.29, 1.82) is 0 Å². The Balaban J connectivity index is 1.38. The van der Waals surface area contributed by atoms with E-state index in [0.717, 1.165) is 43.7 Å². The molecule has 0 aliphatic carbocycles. The predicted molar refractivity (Wildman–Crippen MR) is 93.1 cm³/mol. The van der Waals surface area contributed by atoms with Crippen molar-refractivity contribution in [3.8, 4) is 0 Å². The van der Waals surface area contributed by atoms with Crippen LogP contribution in [0.3, 0.4) is 0 Å². The maximum Gasteiger partial charge on any atom is 0.253 e. The number of benzene rings is 1. The SMILES string of the molecule is Cn1c(CO)nnc1CC1CCN(C(=O)c2ccc3n[nH]nc3c2)CC1. The Labute approximate surface area is 150 Å². The molecule has 26 heavy (non-hydrogen) atoms. The molecule has 1 aliphatic rings. The van der Waals surface area contributed by atoms with Gasteiger partial charge in [0.1, 0.15) is 23.5 Å². The number of hydrogen-bond donors (Lipinski definition) is 2. The zero-order valence-corrected chi connectivity index (χ0v) is 14.6. The third-order valence-electron chi connectivity index (χ3n) is 5.13. The van der Waals surface area contributed by atoms with Gasteiger partial charge in [-0.3, -0.25) is 4.79 Å². The normalized spacial score (nSPS) is 15.7. The molecule has 3 aromatic rings. The van der Waals surface area contributed by atoms with Crippen LogP contribution in [0.4, 0.5) is 0 Å². The minimum absolute atomic E-state index is 0.0366. The van der Waals surface area contributed by atoms with E-state index in [0.29, 0.717) is 22.8 Å². The average molecular weight is 355 g/mol. The van der Waals surface area contributed by atoms with Crippen molar-refractivity contribution in [1.82, 2.24) is 35.1 Å². The summed E-state index contributed by atoms with van der Waals surface area (Å²) in [4.78, 5) is 14.6. The first-order valence-electron chi connectivity index (χ1n) is 8.73. The van der Waals surface area contributed by atoms with E-state index in [2.05, 4.69) is 25.6 Å². The number of aromatic amines is 1. The standard InChI is InChI=1S/C17H21N7O2/c1-23-15(20-21-16(23)10-25)8-11-4-6-24(7-5-11)17(26)12-2-3-13-14(9-12)19-22-18-13/h2-3,9,11,25H,4-8,10H2,1H3,(H,18,19,22). The lowest BCUT2D eigenvalue weighted by Gasteiger charge is -2.32. The van der Waals surface area contributed by atoms with Gasteiger partial charge < -0.3 is 14.6 Å². The summed E-state index contributed by atoms with van der Waals surface area (Å²) in [5.74, 6) is 1.97. The molecule has 0 bridgehead atoms. The molecule has 0 spiro atoms. The van der Waals surface area contributed by atoms with Crippen molar-refractivity contribution >= 4 is 16.9 Å². The number of aromatic nitrogens is 6. The van der Waals surface area contributed by atoms with E-state index >= 15 is 0 Å². The summed E-state index contributed by atoms with van der Waals surface area (Å²) < 4.78 is 1.85. The van der Waals surface area contributed by atoms with Crippen LogP contribution in [0.1, 0.15) is 34.8 Å². The summed E-state index contributed by atoms with van der Waals surface area (Å²) in [5.41, 5.74) is 2.10. The number of nitrogens with one attached hydrogen (secondary N) is 1. The Morgan fingerprint density at radius 3 is 2.65 bits per heavy atom. The van der Waals surface area contributed by atoms with Gasteiger partial charge in [-0.2, -0.15) is 15.4 Å². The van der Waals surface area contributed by atoms with Gasteiger partial charge in [0.15, 0.2) is 5.82 Å². The molecule has 1 saturated heterocycles. The highest BCUT2D eigenvalue weighted by molar-refractivity contribution is 5.97. The van der Waals surface area contributed by atoms with Gasteiger partial charge >= 0.3 is 0 Å². The van der Waals surface area contributed by atoms with Gasteiger partial charge in [0.05, 0.1) is 0 Å². The second-order valence-electron chi connectivity index (χ2n) is 6.72. The predicted octanol–water partition coefficient (Wildman–Crippen LogP) is 0.674. The smallest absolute Gasteiger partial charge is 0.253 e. The van der Waals surface area contributed by atoms with E-state index in [1.165, 1.54) is 0 Å². The first-order chi connectivity index (χ1) is 12.7. The fourth-order valence-electron chi connectivity index (χ4n) is 3.47. The third-order valence-corrected chi connectivity index (χ3v) is 5.13. The Bertz CT molecular complexity index is 924. The van der Waals surface area contributed by atoms with Crippen LogP contribution in [0, 0.1) is 5.92 Å². The summed E-state index contributed by atoms with van der Waals surface area (Å²) in [6, 6.07) is 5.39. The molecule has 2 N–H and O–H groups in total. The zero-order chi connectivity index (χ0) is 18.1. The minimum Gasteiger partial charge on any atom is -0.388 e. The number of carbonyl (C=O) groups excluding carboxylic acids is 1. The number of hydrogen-bond acceptors (Lipinski definition) is 6. The lowest BCUT2D eigenvalue weighted by atomic mass is 9.93. The van der Waals surface area contributed by atoms with Crippen LogP contribution in [0.15, 0.2) is 18.2 Å². The summed E-state index contributed by atoms with van der Waals surface area (Å²) in [6.45, 7) is 1.35. The van der Waals surface area contributed by atoms with Gasteiger partial charge in [-0.1, -0.05) is 0 Å². The third kappa shape index (κ3) is 3.05. The number of amides is 1. The molecule has 2 aromatic heterocycles. The molecule has 9 nitrogen and oxygen atoms in total. The molecule has 0 radical (unpaired) electrons. The molecular weight excluding hydrogens is 334 g/mol. The first-order valence-corrected chi connectivity index (χ1v) is 8.73. The number of likely N-dealkylation sites (tertiary alicyclic amines) is 1. The number of piperidine rings is 1. The molecule has 0 saturated carbocycles. The largest absolute Gasteiger partial charge is 0.388 e. The van der Waals surface area contributed by atoms with E-state index in [4.69, 9.17) is 0 Å². The second kappa shape index (κ2) is 6.83. The lowest BCUT2D eigenvalue weighted by molar-refractivity contribution is 0.0689. The number of H-pyrrole nitrogens is 1. The van der Waals surface area contributed by atoms with Gasteiger partial charge in [-0.25, -0.2) is 0 Å². The zero-order valence-electron chi connectivity index (χ0n) is 14.6. The highest BCUT2D eigenvalue weighted by Gasteiger charge is 2.25. The summed E-state index contributed by atoms with van der Waals surface area (Å²) >= 11 is 0. The molecule has 1 aromatic carbocycles. The van der Waals surface area contributed by atoms with Crippen molar-refractivity contribution < 1.29 is 9.90 Å². The molecule has 4 rings (SSSR count). The number of carbonyl (C=O) groups is 1. The van der Waals surface area contributed by atoms with Crippen molar-refractivity contribution in [2.45, 2.75) is 25.9 Å². The Morgan fingerprint density at radius 2 is 1.92 bits per heavy atom. The molecule has 0 unspecified atom stereocenters. The molecule has 1 fully saturated rings. The maximum atomic E-state index is 12.7. The molecule has 9 heteroatoms. The van der Waals surface area contributed by atoms with Gasteiger partial charge in [0.2, 0.25) is 0 Å². The van der Waals surface area contributed by atoms with Crippen LogP contribution in [0.25, 0.3) is 11.0 Å². The quantitative estimate of drug-likeness (QED) is 0.711. The van der Waals surface area contributed by atoms with E-state index in [9.17, 15) is 9.90 Å². The van der Waals surface area contributed by atoms with Gasteiger partial charge in [0, 0.05) is 32.1 Å². The Kier molecular flexibility index (Phi) is 4.37. The minimum atomic E-state index is -0.105. The molecular formula is C17H21N7O2. The van der Waals surface area contributed by atoms with Gasteiger partial charge in [-0.15, -0.1) is 10.2 Å². The Hall–Kier alpha value is -2.81. The van der Waals surface area contributed by atoms with Gasteiger partial charge in [0.25, 0.3) is 5.91 Å². The van der Waals surface area contributed by atoms with Gasteiger partial charge in [-0.05, 0) is 37.0 Å². The maximum absolute atomic E-state index is 12.7. The number of rotatable bonds is 4. The van der Waals surface area contributed by atoms with Crippen LogP contribution in [0.5, 0.6) is 0 Å². The number of aliphatic hydroxyl groups is 1. The monoisotopic (exact) mass is 355 g/mol. The van der Waals surface area contributed by atoms with E-state index in [1.54, 1.807) is 12.1 Å². The summed E-state index contributed by atoms with van der Waals surface area (Å²) in [7, 11) is 1.87. The fraction of sp³-hybridized carbons (Fsp3) is 0.471. The number of fused-ring (bicyclic) bond motifs is 1. The number of nitrogens with zero attached hydrogens (tertiary/aromatic N) is 6. The topological polar surface area (TPSA) is 113 Å². The molecule has 3 heterocycles. The molecule has 136 valence electrons. The van der Waals surface area contributed by atoms with Crippen molar-refractivity contribution in [2.24, 2.45) is 13.0 Å². The van der Waals surface area contributed by atoms with Crippen LogP contribution in [-0.4, -0.2) is 59.2 Å². The molecule has 1 aliphatic heterocycles. The van der Waals surface area contributed by atoms with E-state index < -0.39 is 0 Å². The van der Waals surface area contributed by atoms with Crippen LogP contribution < -0.4 is 0 Å². The number of aliphatic hydroxyl groups excluding tert-OH is 1. The highest BCUT2D eigenvalue weighted by Crippen LogP contribution is 2.23. The van der Waals surface area contributed by atoms with Crippen molar-refractivity contribution in [2.75, 3.05) is 13.1 Å². The molecule has 1 amide bonds. The van der Waals surface area contributed by atoms with Crippen LogP contribution in [-0.2, 0) is 20.1 Å². The first kappa shape index (κ1) is 16.6. The second-order valence-corrected chi connectivity index (χ2v) is 6.72. The van der Waals surface area contributed by atoms with Crippen molar-refractivity contribution in [3.63, 3.8) is 0 Å². The van der Waals surface area contributed by atoms with E-state index in [1.807, 2.05) is 22.6 Å². The average Bonchev–Trinajstić information content (AvgIpc) is 3.28. The molecule has 0 atom stereocenters. The Morgan fingerprint density at radius 1 is 1.19 bits per heavy atom. The fourth-order valence-corrected chi connectivity index (χ4v) is 3.47. The lowest BCUT2D eigenvalue weighted by Crippen LogP contribution is -2.39. The highest BCUT2D eigenvalue weighted by atomic mass is 16.3.